The number of ether oxygens (including phenoxy) is 1. The number of amides is 1. The Morgan fingerprint density at radius 1 is 1.14 bits per heavy atom. The van der Waals surface area contributed by atoms with Crippen LogP contribution < -0.4 is 0 Å². The first-order chi connectivity index (χ1) is 9.73. The van der Waals surface area contributed by atoms with E-state index >= 15 is 0 Å². The number of rotatable bonds is 3. The molecule has 1 fully saturated rings. The Bertz CT molecular complexity index is 396. The van der Waals surface area contributed by atoms with Gasteiger partial charge >= 0.3 is 6.09 Å². The van der Waals surface area contributed by atoms with Crippen molar-refractivity contribution >= 4 is 16.4 Å². The summed E-state index contributed by atoms with van der Waals surface area (Å²) < 4.78 is 11.9. The molecule has 0 aliphatic carbocycles. The van der Waals surface area contributed by atoms with Crippen LogP contribution in [0.15, 0.2) is 0 Å². The van der Waals surface area contributed by atoms with Crippen LogP contribution in [-0.4, -0.2) is 53.5 Å². The average molecular weight is 334 g/mol. The zero-order chi connectivity index (χ0) is 17.3. The first-order valence-electron chi connectivity index (χ1n) is 8.08. The highest BCUT2D eigenvalue weighted by molar-refractivity contribution is 8.29. The maximum atomic E-state index is 12.2. The zero-order valence-corrected chi connectivity index (χ0v) is 16.7. The molecule has 0 radical (unpaired) electrons. The fourth-order valence-electron chi connectivity index (χ4n) is 2.16. The Morgan fingerprint density at radius 2 is 1.68 bits per heavy atom. The summed E-state index contributed by atoms with van der Waals surface area (Å²) in [6.07, 6.45) is 4.24. The fourth-order valence-corrected chi connectivity index (χ4v) is 3.03. The molecule has 0 unspecified atom stereocenters. The summed E-state index contributed by atoms with van der Waals surface area (Å²) >= 11 is 0. The standard InChI is InChI=1S/C17H35NO3S/c1-13-10-18(15(19)21-16(2,3)4)11-14(13)12-20-22(8,9)17(5,6)7/h13-14H,10-12H2,1-9H3/t13-,14+/m0/s1. The summed E-state index contributed by atoms with van der Waals surface area (Å²) in [6, 6.07) is 0. The summed E-state index contributed by atoms with van der Waals surface area (Å²) in [5.74, 6) is 0.837. The molecule has 2 atom stereocenters. The van der Waals surface area contributed by atoms with E-state index in [4.69, 9.17) is 8.92 Å². The van der Waals surface area contributed by atoms with E-state index < -0.39 is 15.9 Å². The quantitative estimate of drug-likeness (QED) is 0.773. The molecule has 0 aromatic carbocycles. The van der Waals surface area contributed by atoms with Crippen molar-refractivity contribution in [3.8, 4) is 0 Å². The van der Waals surface area contributed by atoms with Crippen molar-refractivity contribution in [1.29, 1.82) is 0 Å². The molecule has 1 heterocycles. The lowest BCUT2D eigenvalue weighted by molar-refractivity contribution is 0.0282. The van der Waals surface area contributed by atoms with Crippen LogP contribution in [0.1, 0.15) is 48.5 Å². The van der Waals surface area contributed by atoms with E-state index in [2.05, 4.69) is 40.2 Å². The van der Waals surface area contributed by atoms with Gasteiger partial charge in [-0.3, -0.25) is 0 Å². The predicted molar refractivity (Wildman–Crippen MR) is 95.6 cm³/mol. The first-order valence-corrected chi connectivity index (χ1v) is 10.5. The molecular weight excluding hydrogens is 298 g/mol. The topological polar surface area (TPSA) is 38.8 Å². The van der Waals surface area contributed by atoms with Gasteiger partial charge in [0, 0.05) is 23.8 Å². The molecule has 4 nitrogen and oxygen atoms in total. The molecular formula is C17H35NO3S. The number of hydrogen-bond acceptors (Lipinski definition) is 3. The molecule has 0 bridgehead atoms. The van der Waals surface area contributed by atoms with E-state index in [0.717, 1.165) is 19.7 Å². The summed E-state index contributed by atoms with van der Waals surface area (Å²) in [4.78, 5) is 14.0. The number of likely N-dealkylation sites (tertiary alicyclic amines) is 1. The van der Waals surface area contributed by atoms with E-state index in [1.165, 1.54) is 0 Å². The maximum absolute atomic E-state index is 12.2. The number of carbonyl (C=O) groups is 1. The largest absolute Gasteiger partial charge is 0.444 e. The molecule has 1 aliphatic heterocycles. The fraction of sp³-hybridized carbons (Fsp3) is 0.941. The second-order valence-corrected chi connectivity index (χ2v) is 12.7. The molecule has 0 spiro atoms. The van der Waals surface area contributed by atoms with Crippen molar-refractivity contribution in [1.82, 2.24) is 4.90 Å². The van der Waals surface area contributed by atoms with Gasteiger partial charge in [0.1, 0.15) is 5.60 Å². The van der Waals surface area contributed by atoms with Crippen LogP contribution in [0.2, 0.25) is 0 Å². The summed E-state index contributed by atoms with van der Waals surface area (Å²) in [7, 11) is -1.11. The Labute approximate surface area is 138 Å². The van der Waals surface area contributed by atoms with Gasteiger partial charge in [0.2, 0.25) is 0 Å². The average Bonchev–Trinajstić information content (AvgIpc) is 2.64. The minimum absolute atomic E-state index is 0.166. The number of nitrogens with zero attached hydrogens (tertiary/aromatic N) is 1. The Kier molecular flexibility index (Phi) is 5.89. The van der Waals surface area contributed by atoms with Crippen LogP contribution in [0, 0.1) is 11.8 Å². The molecule has 1 rings (SSSR count). The van der Waals surface area contributed by atoms with Crippen LogP contribution in [0.4, 0.5) is 4.79 Å². The zero-order valence-electron chi connectivity index (χ0n) is 15.9. The highest BCUT2D eigenvalue weighted by Gasteiger charge is 2.37. The second kappa shape index (κ2) is 6.60. The Morgan fingerprint density at radius 3 is 2.14 bits per heavy atom. The summed E-state index contributed by atoms with van der Waals surface area (Å²) in [5.41, 5.74) is -0.437. The third-order valence-corrected chi connectivity index (χ3v) is 8.15. The molecule has 1 amide bonds. The van der Waals surface area contributed by atoms with E-state index in [-0.39, 0.29) is 10.8 Å². The third-order valence-electron chi connectivity index (χ3n) is 4.47. The molecule has 0 aromatic rings. The van der Waals surface area contributed by atoms with Crippen LogP contribution in [0.5, 0.6) is 0 Å². The van der Waals surface area contributed by atoms with Crippen LogP contribution in [0.3, 0.4) is 0 Å². The molecule has 132 valence electrons. The summed E-state index contributed by atoms with van der Waals surface area (Å²) in [6.45, 7) is 16.8. The lowest BCUT2D eigenvalue weighted by atomic mass is 10.00. The van der Waals surface area contributed by atoms with Gasteiger partial charge in [0.25, 0.3) is 0 Å². The first kappa shape index (κ1) is 19.6. The summed E-state index contributed by atoms with van der Waals surface area (Å²) in [5, 5.41) is 0. The van der Waals surface area contributed by atoms with Crippen molar-refractivity contribution < 1.29 is 13.7 Å². The van der Waals surface area contributed by atoms with Gasteiger partial charge in [-0.1, -0.05) is 27.7 Å². The van der Waals surface area contributed by atoms with E-state index in [9.17, 15) is 4.79 Å². The molecule has 0 aromatic heterocycles. The van der Waals surface area contributed by atoms with E-state index in [0.29, 0.717) is 11.8 Å². The van der Waals surface area contributed by atoms with Crippen molar-refractivity contribution in [2.75, 3.05) is 32.2 Å². The van der Waals surface area contributed by atoms with Crippen LogP contribution in [0.25, 0.3) is 0 Å². The monoisotopic (exact) mass is 333 g/mol. The van der Waals surface area contributed by atoms with Crippen molar-refractivity contribution in [3.05, 3.63) is 0 Å². The minimum atomic E-state index is -1.11. The number of hydrogen-bond donors (Lipinski definition) is 0. The normalized spacial score (nSPS) is 24.5. The number of carbonyl (C=O) groups excluding carboxylic acids is 1. The molecule has 0 N–H and O–H groups in total. The highest BCUT2D eigenvalue weighted by Crippen LogP contribution is 2.54. The van der Waals surface area contributed by atoms with Gasteiger partial charge in [-0.05, 0) is 39.2 Å². The lowest BCUT2D eigenvalue weighted by Gasteiger charge is -2.44. The molecule has 5 heteroatoms. The highest BCUT2D eigenvalue weighted by atomic mass is 32.3. The van der Waals surface area contributed by atoms with Gasteiger partial charge in [-0.2, -0.15) is 0 Å². The second-order valence-electron chi connectivity index (χ2n) is 8.75. The lowest BCUT2D eigenvalue weighted by Crippen LogP contribution is -2.35. The van der Waals surface area contributed by atoms with E-state index in [1.54, 1.807) is 0 Å². The third kappa shape index (κ3) is 5.34. The molecule has 1 saturated heterocycles. The van der Waals surface area contributed by atoms with Crippen molar-refractivity contribution in [2.45, 2.75) is 58.8 Å². The van der Waals surface area contributed by atoms with Crippen LogP contribution >= 0.6 is 10.3 Å². The molecule has 0 saturated carbocycles. The smallest absolute Gasteiger partial charge is 0.410 e. The van der Waals surface area contributed by atoms with E-state index in [1.807, 2.05) is 25.7 Å². The van der Waals surface area contributed by atoms with Gasteiger partial charge in [0.05, 0.1) is 6.61 Å². The van der Waals surface area contributed by atoms with Gasteiger partial charge < -0.3 is 13.8 Å². The van der Waals surface area contributed by atoms with Crippen LogP contribution in [-0.2, 0) is 8.92 Å². The SMILES string of the molecule is C[C@H]1CN(C(=O)OC(C)(C)C)C[C@@H]1COS(C)(C)C(C)(C)C. The minimum Gasteiger partial charge on any atom is -0.444 e. The van der Waals surface area contributed by atoms with Gasteiger partial charge in [0.15, 0.2) is 0 Å². The Hall–Kier alpha value is -0.420. The van der Waals surface area contributed by atoms with Crippen molar-refractivity contribution in [3.63, 3.8) is 0 Å². The molecule has 1 aliphatic rings. The van der Waals surface area contributed by atoms with Crippen molar-refractivity contribution in [2.24, 2.45) is 11.8 Å². The van der Waals surface area contributed by atoms with Gasteiger partial charge in [-0.15, -0.1) is 10.3 Å². The molecule has 22 heavy (non-hydrogen) atoms. The predicted octanol–water partition coefficient (Wildman–Crippen LogP) is 4.28. The van der Waals surface area contributed by atoms with Gasteiger partial charge in [-0.25, -0.2) is 4.79 Å². The Balaban J connectivity index is 2.56. The maximum Gasteiger partial charge on any atom is 0.410 e.